The van der Waals surface area contributed by atoms with E-state index < -0.39 is 0 Å². The Morgan fingerprint density at radius 1 is 1.19 bits per heavy atom. The molecule has 0 fully saturated rings. The lowest BCUT2D eigenvalue weighted by Crippen LogP contribution is -2.22. The molecule has 21 heavy (non-hydrogen) atoms. The zero-order chi connectivity index (χ0) is 15.4. The number of nitrogen functional groups attached to an aromatic ring is 1. The number of nitrogens with two attached hydrogens (primary N) is 1. The van der Waals surface area contributed by atoms with Crippen molar-refractivity contribution < 1.29 is 9.18 Å². The minimum absolute atomic E-state index is 0.169. The molecule has 0 saturated heterocycles. The van der Waals surface area contributed by atoms with Crippen molar-refractivity contribution in [1.29, 1.82) is 0 Å². The third-order valence-corrected chi connectivity index (χ3v) is 3.12. The minimum atomic E-state index is -0.319. The number of aryl methyl sites for hydroxylation is 1. The number of anilines is 3. The number of benzene rings is 2. The Morgan fingerprint density at radius 3 is 2.62 bits per heavy atom. The molecular weight excluding hydrogens is 269 g/mol. The molecule has 5 heteroatoms. The lowest BCUT2D eigenvalue weighted by Gasteiger charge is -2.13. The molecule has 4 N–H and O–H groups in total. The number of rotatable bonds is 4. The number of amides is 1. The summed E-state index contributed by atoms with van der Waals surface area (Å²) in [6.45, 7) is 4.28. The van der Waals surface area contributed by atoms with Crippen LogP contribution in [-0.2, 0) is 0 Å². The van der Waals surface area contributed by atoms with Crippen LogP contribution in [-0.4, -0.2) is 12.5 Å². The van der Waals surface area contributed by atoms with E-state index in [1.807, 2.05) is 13.8 Å². The van der Waals surface area contributed by atoms with Gasteiger partial charge in [0.15, 0.2) is 0 Å². The predicted octanol–water partition coefficient (Wildman–Crippen LogP) is 3.21. The van der Waals surface area contributed by atoms with Gasteiger partial charge in [-0.3, -0.25) is 4.79 Å². The highest BCUT2D eigenvalue weighted by molar-refractivity contribution is 5.96. The van der Waals surface area contributed by atoms with Gasteiger partial charge in [0, 0.05) is 17.8 Å². The first-order chi connectivity index (χ1) is 10.0. The van der Waals surface area contributed by atoms with E-state index in [1.54, 1.807) is 24.3 Å². The average Bonchev–Trinajstić information content (AvgIpc) is 2.45. The maximum absolute atomic E-state index is 13.3. The first-order valence-corrected chi connectivity index (χ1v) is 6.72. The van der Waals surface area contributed by atoms with Gasteiger partial charge in [0.25, 0.3) is 5.91 Å². The highest BCUT2D eigenvalue weighted by Crippen LogP contribution is 2.26. The van der Waals surface area contributed by atoms with Crippen LogP contribution in [0.4, 0.5) is 21.5 Å². The van der Waals surface area contributed by atoms with Crippen LogP contribution in [0.2, 0.25) is 0 Å². The second-order valence-electron chi connectivity index (χ2n) is 4.75. The van der Waals surface area contributed by atoms with E-state index in [0.29, 0.717) is 29.2 Å². The standard InChI is InChI=1S/C16H18FN3O/c1-3-19-16(21)11-5-7-14(13(18)8-11)20-15-9-12(17)6-4-10(15)2/h4-9,20H,3,18H2,1-2H3,(H,19,21). The van der Waals surface area contributed by atoms with E-state index in [1.165, 1.54) is 12.1 Å². The second-order valence-corrected chi connectivity index (χ2v) is 4.75. The summed E-state index contributed by atoms with van der Waals surface area (Å²) in [4.78, 5) is 11.7. The maximum atomic E-state index is 13.3. The summed E-state index contributed by atoms with van der Waals surface area (Å²) < 4.78 is 13.3. The second kappa shape index (κ2) is 6.26. The number of carbonyl (C=O) groups excluding carboxylic acids is 1. The Balaban J connectivity index is 2.25. The van der Waals surface area contributed by atoms with Crippen molar-refractivity contribution in [3.05, 3.63) is 53.3 Å². The van der Waals surface area contributed by atoms with Gasteiger partial charge in [0.05, 0.1) is 11.4 Å². The Kier molecular flexibility index (Phi) is 4.42. The fourth-order valence-electron chi connectivity index (χ4n) is 1.95. The Morgan fingerprint density at radius 2 is 1.95 bits per heavy atom. The molecule has 0 aliphatic heterocycles. The molecular formula is C16H18FN3O. The summed E-state index contributed by atoms with van der Waals surface area (Å²) in [6.07, 6.45) is 0. The van der Waals surface area contributed by atoms with Crippen LogP contribution in [0.15, 0.2) is 36.4 Å². The molecule has 0 unspecified atom stereocenters. The van der Waals surface area contributed by atoms with Gasteiger partial charge in [-0.05, 0) is 49.7 Å². The lowest BCUT2D eigenvalue weighted by molar-refractivity contribution is 0.0956. The van der Waals surface area contributed by atoms with Crippen molar-refractivity contribution in [2.75, 3.05) is 17.6 Å². The topological polar surface area (TPSA) is 67.2 Å². The molecule has 0 aliphatic rings. The van der Waals surface area contributed by atoms with Crippen LogP contribution in [0.25, 0.3) is 0 Å². The molecule has 2 aromatic rings. The van der Waals surface area contributed by atoms with Crippen LogP contribution in [0, 0.1) is 12.7 Å². The maximum Gasteiger partial charge on any atom is 0.251 e. The Labute approximate surface area is 123 Å². The molecule has 0 aliphatic carbocycles. The fraction of sp³-hybridized carbons (Fsp3) is 0.188. The van der Waals surface area contributed by atoms with E-state index in [4.69, 9.17) is 5.73 Å². The third-order valence-electron chi connectivity index (χ3n) is 3.12. The smallest absolute Gasteiger partial charge is 0.251 e. The molecule has 0 aromatic heterocycles. The molecule has 4 nitrogen and oxygen atoms in total. The van der Waals surface area contributed by atoms with E-state index in [-0.39, 0.29) is 11.7 Å². The van der Waals surface area contributed by atoms with Crippen LogP contribution in [0.5, 0.6) is 0 Å². The van der Waals surface area contributed by atoms with Gasteiger partial charge in [-0.25, -0.2) is 4.39 Å². The molecule has 2 aromatic carbocycles. The number of hydrogen-bond donors (Lipinski definition) is 3. The number of halogens is 1. The summed E-state index contributed by atoms with van der Waals surface area (Å²) in [6, 6.07) is 9.50. The van der Waals surface area contributed by atoms with Gasteiger partial charge in [0.1, 0.15) is 5.82 Å². The fourth-order valence-corrected chi connectivity index (χ4v) is 1.95. The molecule has 2 rings (SSSR count). The van der Waals surface area contributed by atoms with Crippen LogP contribution >= 0.6 is 0 Å². The van der Waals surface area contributed by atoms with Gasteiger partial charge in [0.2, 0.25) is 0 Å². The van der Waals surface area contributed by atoms with Gasteiger partial charge in [-0.15, -0.1) is 0 Å². The zero-order valence-corrected chi connectivity index (χ0v) is 12.0. The van der Waals surface area contributed by atoms with Crippen molar-refractivity contribution in [1.82, 2.24) is 5.32 Å². The minimum Gasteiger partial charge on any atom is -0.397 e. The quantitative estimate of drug-likeness (QED) is 0.756. The third kappa shape index (κ3) is 3.51. The number of carbonyl (C=O) groups is 1. The zero-order valence-electron chi connectivity index (χ0n) is 12.0. The van der Waals surface area contributed by atoms with Crippen LogP contribution < -0.4 is 16.4 Å². The Hall–Kier alpha value is -2.56. The molecule has 0 heterocycles. The molecule has 0 bridgehead atoms. The van der Waals surface area contributed by atoms with Crippen molar-refractivity contribution in [3.8, 4) is 0 Å². The van der Waals surface area contributed by atoms with Crippen LogP contribution in [0.1, 0.15) is 22.8 Å². The highest BCUT2D eigenvalue weighted by atomic mass is 19.1. The molecule has 110 valence electrons. The van der Waals surface area contributed by atoms with Gasteiger partial charge >= 0.3 is 0 Å². The van der Waals surface area contributed by atoms with Gasteiger partial charge in [-0.1, -0.05) is 6.07 Å². The van der Waals surface area contributed by atoms with E-state index >= 15 is 0 Å². The molecule has 0 atom stereocenters. The molecule has 0 saturated carbocycles. The molecule has 0 radical (unpaired) electrons. The number of nitrogens with one attached hydrogen (secondary N) is 2. The SMILES string of the molecule is CCNC(=O)c1ccc(Nc2cc(F)ccc2C)c(N)c1. The monoisotopic (exact) mass is 287 g/mol. The number of hydrogen-bond acceptors (Lipinski definition) is 3. The molecule has 0 spiro atoms. The van der Waals surface area contributed by atoms with Gasteiger partial charge in [-0.2, -0.15) is 0 Å². The van der Waals surface area contributed by atoms with Crippen LogP contribution in [0.3, 0.4) is 0 Å². The normalized spacial score (nSPS) is 10.2. The summed E-state index contributed by atoms with van der Waals surface area (Å²) in [5, 5.41) is 5.79. The van der Waals surface area contributed by atoms with E-state index in [2.05, 4.69) is 10.6 Å². The largest absolute Gasteiger partial charge is 0.397 e. The van der Waals surface area contributed by atoms with Crippen molar-refractivity contribution in [2.45, 2.75) is 13.8 Å². The summed E-state index contributed by atoms with van der Waals surface area (Å²) >= 11 is 0. The van der Waals surface area contributed by atoms with E-state index in [0.717, 1.165) is 5.56 Å². The van der Waals surface area contributed by atoms with Gasteiger partial charge < -0.3 is 16.4 Å². The first kappa shape index (κ1) is 14.8. The summed E-state index contributed by atoms with van der Waals surface area (Å²) in [5.74, 6) is -0.488. The average molecular weight is 287 g/mol. The van der Waals surface area contributed by atoms with E-state index in [9.17, 15) is 9.18 Å². The Bertz CT molecular complexity index is 671. The molecule has 1 amide bonds. The highest BCUT2D eigenvalue weighted by Gasteiger charge is 2.08. The predicted molar refractivity (Wildman–Crippen MR) is 83.3 cm³/mol. The lowest BCUT2D eigenvalue weighted by atomic mass is 10.1. The first-order valence-electron chi connectivity index (χ1n) is 6.72. The summed E-state index contributed by atoms with van der Waals surface area (Å²) in [7, 11) is 0. The van der Waals surface area contributed by atoms with Crippen molar-refractivity contribution >= 4 is 23.0 Å². The van der Waals surface area contributed by atoms with Crippen molar-refractivity contribution in [3.63, 3.8) is 0 Å². The van der Waals surface area contributed by atoms with Crippen molar-refractivity contribution in [2.24, 2.45) is 0 Å². The summed E-state index contributed by atoms with van der Waals surface area (Å²) in [5.41, 5.74) is 9.07.